The van der Waals surface area contributed by atoms with Gasteiger partial charge in [0.1, 0.15) is 12.2 Å². The molecule has 0 aromatic heterocycles. The van der Waals surface area contributed by atoms with E-state index in [4.69, 9.17) is 30.4 Å². The molecule has 0 radical (unpaired) electrons. The van der Waals surface area contributed by atoms with E-state index in [0.29, 0.717) is 25.7 Å². The van der Waals surface area contributed by atoms with Crippen LogP contribution < -0.4 is 16.8 Å². The molecule has 0 bridgehead atoms. The minimum atomic E-state index is -0.699. The molecular weight excluding hydrogens is 482 g/mol. The summed E-state index contributed by atoms with van der Waals surface area (Å²) >= 11 is 0. The Morgan fingerprint density at radius 3 is 1.38 bits per heavy atom. The van der Waals surface area contributed by atoms with Crippen molar-refractivity contribution in [3.63, 3.8) is 0 Å². The minimum Gasteiger partial charge on any atom is -0.393 e. The molecule has 9 N–H and O–H groups in total. The highest BCUT2D eigenvalue weighted by molar-refractivity contribution is 4.90. The van der Waals surface area contributed by atoms with E-state index in [1.165, 1.54) is 0 Å². The zero-order valence-electron chi connectivity index (χ0n) is 23.1. The van der Waals surface area contributed by atoms with Crippen molar-refractivity contribution in [3.05, 3.63) is 0 Å². The van der Waals surface area contributed by atoms with Gasteiger partial charge >= 0.3 is 0 Å². The predicted octanol–water partition coefficient (Wildman–Crippen LogP) is -0.190. The Morgan fingerprint density at radius 2 is 1.05 bits per heavy atom. The van der Waals surface area contributed by atoms with Crippen LogP contribution in [0.3, 0.4) is 0 Å². The Kier molecular flexibility index (Phi) is 14.7. The molecule has 2 fully saturated rings. The van der Waals surface area contributed by atoms with Crippen LogP contribution in [0.4, 0.5) is 0 Å². The van der Waals surface area contributed by atoms with E-state index in [0.717, 1.165) is 12.8 Å². The Labute approximate surface area is 222 Å². The molecule has 0 aliphatic heterocycles. The van der Waals surface area contributed by atoms with Gasteiger partial charge in [-0.3, -0.25) is 5.32 Å². The molecule has 10 unspecified atom stereocenters. The summed E-state index contributed by atoms with van der Waals surface area (Å²) in [7, 11) is 0. The Hall–Kier alpha value is -0.440. The van der Waals surface area contributed by atoms with Crippen LogP contribution in [0.2, 0.25) is 0 Å². The summed E-state index contributed by atoms with van der Waals surface area (Å²) in [5, 5.41) is 44.6. The standard InChI is InChI=1S/C26H53N3O8/c1-15(2)34-11-17(30)13-36-19-5-7-21(23(32)9-19)25(27)29-26(28)22-8-6-20(10-24(22)33)37-14-18(31)12-35-16(3)4/h15-26,29-33H,5-14,27-28H2,1-4H3. The zero-order valence-corrected chi connectivity index (χ0v) is 23.1. The van der Waals surface area contributed by atoms with Gasteiger partial charge in [-0.25, -0.2) is 0 Å². The van der Waals surface area contributed by atoms with E-state index < -0.39 is 36.7 Å². The first kappa shape index (κ1) is 32.8. The van der Waals surface area contributed by atoms with Gasteiger partial charge in [0.25, 0.3) is 0 Å². The first-order valence-electron chi connectivity index (χ1n) is 13.9. The molecule has 0 amide bonds. The van der Waals surface area contributed by atoms with E-state index >= 15 is 0 Å². The summed E-state index contributed by atoms with van der Waals surface area (Å²) < 4.78 is 22.4. The maximum Gasteiger partial charge on any atom is 0.101 e. The molecule has 0 spiro atoms. The minimum absolute atomic E-state index is 0.0470. The largest absolute Gasteiger partial charge is 0.393 e. The summed E-state index contributed by atoms with van der Waals surface area (Å²) in [6.07, 6.45) is -0.292. The van der Waals surface area contributed by atoms with Gasteiger partial charge in [0.15, 0.2) is 0 Å². The molecule has 2 rings (SSSR count). The summed E-state index contributed by atoms with van der Waals surface area (Å²) in [5.74, 6) is -0.377. The predicted molar refractivity (Wildman–Crippen MR) is 139 cm³/mol. The fraction of sp³-hybridized carbons (Fsp3) is 1.00. The van der Waals surface area contributed by atoms with Crippen LogP contribution in [0.1, 0.15) is 66.2 Å². The van der Waals surface area contributed by atoms with Crippen molar-refractivity contribution in [2.75, 3.05) is 26.4 Å². The van der Waals surface area contributed by atoms with Gasteiger partial charge in [-0.2, -0.15) is 0 Å². The highest BCUT2D eigenvalue weighted by Crippen LogP contribution is 2.31. The van der Waals surface area contributed by atoms with E-state index in [1.54, 1.807) is 0 Å². The lowest BCUT2D eigenvalue weighted by atomic mass is 9.81. The maximum absolute atomic E-state index is 10.7. The third-order valence-corrected chi connectivity index (χ3v) is 7.24. The molecule has 11 heteroatoms. The van der Waals surface area contributed by atoms with Gasteiger partial charge in [-0.15, -0.1) is 0 Å². The lowest BCUT2D eigenvalue weighted by molar-refractivity contribution is -0.0914. The van der Waals surface area contributed by atoms with Crippen molar-refractivity contribution in [2.24, 2.45) is 23.3 Å². The number of nitrogens with two attached hydrogens (primary N) is 2. The van der Waals surface area contributed by atoms with Gasteiger partial charge in [-0.1, -0.05) is 0 Å². The number of aliphatic hydroxyl groups is 4. The van der Waals surface area contributed by atoms with E-state index in [-0.39, 0.29) is 62.7 Å². The Balaban J connectivity index is 1.69. The normalized spacial score (nSPS) is 32.4. The second-order valence-electron chi connectivity index (χ2n) is 11.3. The maximum atomic E-state index is 10.7. The smallest absolute Gasteiger partial charge is 0.101 e. The molecule has 37 heavy (non-hydrogen) atoms. The average molecular weight is 536 g/mol. The zero-order chi connectivity index (χ0) is 27.5. The van der Waals surface area contributed by atoms with Crippen molar-refractivity contribution >= 4 is 0 Å². The van der Waals surface area contributed by atoms with Crippen LogP contribution in [0, 0.1) is 11.8 Å². The van der Waals surface area contributed by atoms with Crippen molar-refractivity contribution < 1.29 is 39.4 Å². The third kappa shape index (κ3) is 12.1. The van der Waals surface area contributed by atoms with Gasteiger partial charge in [0.2, 0.25) is 0 Å². The summed E-state index contributed by atoms with van der Waals surface area (Å²) in [6, 6.07) is 0. The fourth-order valence-electron chi connectivity index (χ4n) is 5.07. The molecule has 0 heterocycles. The highest BCUT2D eigenvalue weighted by atomic mass is 16.5. The second-order valence-corrected chi connectivity index (χ2v) is 11.3. The fourth-order valence-corrected chi connectivity index (χ4v) is 5.07. The SMILES string of the molecule is CC(C)OCC(O)COC1CCC(C(N)NC(N)C2CCC(OCC(O)COC(C)C)CC2O)C(O)C1. The first-order valence-corrected chi connectivity index (χ1v) is 13.9. The lowest BCUT2D eigenvalue weighted by Crippen LogP contribution is -2.60. The van der Waals surface area contributed by atoms with Crippen LogP contribution in [-0.4, -0.2) is 108 Å². The van der Waals surface area contributed by atoms with Gasteiger partial charge in [0.05, 0.1) is 75.4 Å². The molecule has 10 atom stereocenters. The van der Waals surface area contributed by atoms with Gasteiger partial charge in [-0.05, 0) is 66.2 Å². The Bertz CT molecular complexity index is 566. The number of rotatable bonds is 16. The van der Waals surface area contributed by atoms with Crippen LogP contribution in [0.25, 0.3) is 0 Å². The molecule has 2 aliphatic rings. The molecular formula is C26H53N3O8. The van der Waals surface area contributed by atoms with E-state index in [2.05, 4.69) is 5.32 Å². The molecule has 220 valence electrons. The lowest BCUT2D eigenvalue weighted by Gasteiger charge is -2.41. The Morgan fingerprint density at radius 1 is 0.676 bits per heavy atom. The number of ether oxygens (including phenoxy) is 4. The van der Waals surface area contributed by atoms with Crippen molar-refractivity contribution in [1.29, 1.82) is 0 Å². The number of aliphatic hydroxyl groups excluding tert-OH is 4. The number of nitrogens with one attached hydrogen (secondary N) is 1. The molecule has 0 aromatic carbocycles. The highest BCUT2D eigenvalue weighted by Gasteiger charge is 2.38. The third-order valence-electron chi connectivity index (χ3n) is 7.24. The number of hydrogen-bond donors (Lipinski definition) is 7. The van der Waals surface area contributed by atoms with Crippen molar-refractivity contribution in [2.45, 2.75) is 127 Å². The quantitative estimate of drug-likeness (QED) is 0.130. The van der Waals surface area contributed by atoms with Crippen molar-refractivity contribution in [1.82, 2.24) is 5.32 Å². The monoisotopic (exact) mass is 535 g/mol. The summed E-state index contributed by atoms with van der Waals surface area (Å²) in [4.78, 5) is 0. The topological polar surface area (TPSA) is 182 Å². The molecule has 2 aliphatic carbocycles. The van der Waals surface area contributed by atoms with Crippen LogP contribution >= 0.6 is 0 Å². The van der Waals surface area contributed by atoms with Crippen LogP contribution in [-0.2, 0) is 18.9 Å². The molecule has 0 saturated heterocycles. The van der Waals surface area contributed by atoms with E-state index in [1.807, 2.05) is 27.7 Å². The molecule has 2 saturated carbocycles. The number of hydrogen-bond acceptors (Lipinski definition) is 11. The molecule has 0 aromatic rings. The second kappa shape index (κ2) is 16.6. The van der Waals surface area contributed by atoms with Gasteiger partial charge < -0.3 is 50.8 Å². The van der Waals surface area contributed by atoms with Crippen LogP contribution in [0.5, 0.6) is 0 Å². The summed E-state index contributed by atoms with van der Waals surface area (Å²) in [6.45, 7) is 8.41. The van der Waals surface area contributed by atoms with E-state index in [9.17, 15) is 20.4 Å². The first-order chi connectivity index (χ1) is 17.5. The molecule has 11 nitrogen and oxygen atoms in total. The van der Waals surface area contributed by atoms with Crippen molar-refractivity contribution in [3.8, 4) is 0 Å². The average Bonchev–Trinajstić information content (AvgIpc) is 2.83. The van der Waals surface area contributed by atoms with Gasteiger partial charge in [0, 0.05) is 11.8 Å². The van der Waals surface area contributed by atoms with Crippen LogP contribution in [0.15, 0.2) is 0 Å². The summed E-state index contributed by atoms with van der Waals surface area (Å²) in [5.41, 5.74) is 12.8.